The third-order valence-electron chi connectivity index (χ3n) is 8.32. The fraction of sp³-hybridized carbons (Fsp3) is 0.333. The molecule has 4 heterocycles. The molecule has 3 atom stereocenters. The largest absolute Gasteiger partial charge is 0.483 e. The van der Waals surface area contributed by atoms with Gasteiger partial charge in [-0.05, 0) is 25.3 Å². The standard InChI is InChI=1S/C30H27F3N4O6/c1-16-7-8-30(15-35-29(41)43-30)23-13-36(16)28(40)24-26(42-14-17-5-3-2-4-6-17)25(38)20(12-37(23)24)27(39)34-11-19-21(32)9-18(31)10-22(19)33/h2-6,9-10,12,16,23H,7-8,11,13-15H2,1H3,(H,34,39)(H,35,41)/t16?,23-,30-/m1/s1. The molecule has 0 saturated carbocycles. The second kappa shape index (κ2) is 10.8. The number of hydrogen-bond acceptors (Lipinski definition) is 6. The van der Waals surface area contributed by atoms with Crippen LogP contribution in [0.3, 0.4) is 0 Å². The Morgan fingerprint density at radius 3 is 2.53 bits per heavy atom. The summed E-state index contributed by atoms with van der Waals surface area (Å²) >= 11 is 0. The molecule has 2 bridgehead atoms. The van der Waals surface area contributed by atoms with E-state index in [9.17, 15) is 32.3 Å². The van der Waals surface area contributed by atoms with E-state index in [1.54, 1.807) is 35.2 Å². The number of rotatable bonds is 6. The molecule has 3 aliphatic heterocycles. The van der Waals surface area contributed by atoms with Crippen LogP contribution >= 0.6 is 0 Å². The van der Waals surface area contributed by atoms with Crippen molar-refractivity contribution < 1.29 is 37.0 Å². The number of fused-ring (bicyclic) bond motifs is 5. The Hall–Kier alpha value is -4.81. The van der Waals surface area contributed by atoms with E-state index >= 15 is 0 Å². The number of pyridine rings is 1. The molecule has 224 valence electrons. The van der Waals surface area contributed by atoms with Crippen molar-refractivity contribution in [3.8, 4) is 5.75 Å². The lowest BCUT2D eigenvalue weighted by Crippen LogP contribution is -2.53. The predicted molar refractivity (Wildman–Crippen MR) is 145 cm³/mol. The highest BCUT2D eigenvalue weighted by Crippen LogP contribution is 2.43. The Morgan fingerprint density at radius 1 is 1.14 bits per heavy atom. The minimum atomic E-state index is -1.21. The van der Waals surface area contributed by atoms with Crippen molar-refractivity contribution in [1.29, 1.82) is 0 Å². The maximum absolute atomic E-state index is 14.2. The average Bonchev–Trinajstić information content (AvgIpc) is 3.30. The fourth-order valence-electron chi connectivity index (χ4n) is 5.97. The molecule has 1 aromatic heterocycles. The van der Waals surface area contributed by atoms with Crippen LogP contribution in [0.5, 0.6) is 5.75 Å². The van der Waals surface area contributed by atoms with Crippen LogP contribution < -0.4 is 20.8 Å². The van der Waals surface area contributed by atoms with Gasteiger partial charge in [-0.25, -0.2) is 18.0 Å². The molecule has 1 spiro atoms. The van der Waals surface area contributed by atoms with E-state index in [0.717, 1.165) is 0 Å². The highest BCUT2D eigenvalue weighted by Gasteiger charge is 2.54. The van der Waals surface area contributed by atoms with Crippen molar-refractivity contribution in [2.75, 3.05) is 13.1 Å². The average molecular weight is 597 g/mol. The zero-order valence-corrected chi connectivity index (χ0v) is 23.0. The molecule has 3 amide bonds. The van der Waals surface area contributed by atoms with Crippen molar-refractivity contribution in [2.45, 2.75) is 50.6 Å². The topological polar surface area (TPSA) is 119 Å². The molecule has 2 aromatic carbocycles. The third-order valence-corrected chi connectivity index (χ3v) is 8.32. The third kappa shape index (κ3) is 4.98. The van der Waals surface area contributed by atoms with Gasteiger partial charge in [0.15, 0.2) is 17.0 Å². The van der Waals surface area contributed by atoms with Crippen LogP contribution in [-0.4, -0.2) is 52.1 Å². The molecule has 3 aromatic rings. The predicted octanol–water partition coefficient (Wildman–Crippen LogP) is 3.43. The number of halogens is 3. The van der Waals surface area contributed by atoms with Crippen LogP contribution in [0.15, 0.2) is 53.5 Å². The summed E-state index contributed by atoms with van der Waals surface area (Å²) in [6.45, 7) is 1.36. The number of aromatic nitrogens is 1. The number of amides is 3. The van der Waals surface area contributed by atoms with E-state index in [1.807, 2.05) is 6.92 Å². The SMILES string of the molecule is CC1CC[C@@]2(CNC(=O)O2)[C@H]2CN1C(=O)c1c(OCc3ccccc3)c(=O)c(C(=O)NCc3c(F)cc(F)cc3F)cn12. The number of ether oxygens (including phenoxy) is 2. The maximum atomic E-state index is 14.2. The van der Waals surface area contributed by atoms with Gasteiger partial charge in [0.05, 0.1) is 12.6 Å². The summed E-state index contributed by atoms with van der Waals surface area (Å²) in [5.41, 5.74) is -2.45. The van der Waals surface area contributed by atoms with E-state index < -0.39 is 70.1 Å². The molecule has 10 nitrogen and oxygen atoms in total. The van der Waals surface area contributed by atoms with Crippen LogP contribution in [0.4, 0.5) is 18.0 Å². The van der Waals surface area contributed by atoms with E-state index in [0.29, 0.717) is 30.5 Å². The molecule has 0 radical (unpaired) electrons. The first-order valence-corrected chi connectivity index (χ1v) is 13.7. The van der Waals surface area contributed by atoms with E-state index in [4.69, 9.17) is 9.47 Å². The molecule has 1 unspecified atom stereocenters. The summed E-state index contributed by atoms with van der Waals surface area (Å²) < 4.78 is 55.1. The van der Waals surface area contributed by atoms with Gasteiger partial charge in [-0.2, -0.15) is 0 Å². The quantitative estimate of drug-likeness (QED) is 0.450. The number of benzene rings is 2. The maximum Gasteiger partial charge on any atom is 0.407 e. The first-order chi connectivity index (χ1) is 20.6. The molecule has 13 heteroatoms. The highest BCUT2D eigenvalue weighted by atomic mass is 19.1. The van der Waals surface area contributed by atoms with Crippen LogP contribution in [-0.2, 0) is 17.9 Å². The Bertz CT molecular complexity index is 1670. The molecule has 2 saturated heterocycles. The van der Waals surface area contributed by atoms with E-state index in [2.05, 4.69) is 10.6 Å². The lowest BCUT2D eigenvalue weighted by atomic mass is 9.88. The second-order valence-corrected chi connectivity index (χ2v) is 10.9. The summed E-state index contributed by atoms with van der Waals surface area (Å²) in [6, 6.07) is 8.90. The Kier molecular flexibility index (Phi) is 7.10. The second-order valence-electron chi connectivity index (χ2n) is 10.9. The van der Waals surface area contributed by atoms with Crippen molar-refractivity contribution in [2.24, 2.45) is 0 Å². The Labute approximate surface area is 243 Å². The zero-order valence-electron chi connectivity index (χ0n) is 23.0. The van der Waals surface area contributed by atoms with Crippen LogP contribution in [0.1, 0.15) is 57.8 Å². The molecular formula is C30H27F3N4O6. The van der Waals surface area contributed by atoms with Crippen molar-refractivity contribution >= 4 is 17.9 Å². The number of hydrogen-bond donors (Lipinski definition) is 2. The molecule has 0 aliphatic carbocycles. The molecule has 3 aliphatic rings. The monoisotopic (exact) mass is 596 g/mol. The summed E-state index contributed by atoms with van der Waals surface area (Å²) in [6.07, 6.45) is 1.49. The van der Waals surface area contributed by atoms with Crippen molar-refractivity contribution in [3.63, 3.8) is 0 Å². The van der Waals surface area contributed by atoms with Gasteiger partial charge in [0.2, 0.25) is 5.43 Å². The normalized spacial score (nSPS) is 22.5. The summed E-state index contributed by atoms with van der Waals surface area (Å²) in [7, 11) is 0. The molecule has 43 heavy (non-hydrogen) atoms. The number of nitrogens with one attached hydrogen (secondary N) is 2. The van der Waals surface area contributed by atoms with Gasteiger partial charge in [0.1, 0.15) is 29.6 Å². The fourth-order valence-corrected chi connectivity index (χ4v) is 5.97. The lowest BCUT2D eigenvalue weighted by molar-refractivity contribution is -0.00214. The Balaban J connectivity index is 1.46. The number of nitrogens with zero attached hydrogens (tertiary/aromatic N) is 2. The highest BCUT2D eigenvalue weighted by molar-refractivity contribution is 5.99. The van der Waals surface area contributed by atoms with Gasteiger partial charge < -0.3 is 29.6 Å². The van der Waals surface area contributed by atoms with Gasteiger partial charge >= 0.3 is 6.09 Å². The summed E-state index contributed by atoms with van der Waals surface area (Å²) in [5, 5.41) is 5.00. The molecule has 6 rings (SSSR count). The summed E-state index contributed by atoms with van der Waals surface area (Å²) in [4.78, 5) is 55.0. The summed E-state index contributed by atoms with van der Waals surface area (Å²) in [5.74, 6) is -5.39. The van der Waals surface area contributed by atoms with Crippen LogP contribution in [0.2, 0.25) is 0 Å². The number of carbonyl (C=O) groups is 3. The van der Waals surface area contributed by atoms with Gasteiger partial charge in [-0.3, -0.25) is 14.4 Å². The Morgan fingerprint density at radius 2 is 1.86 bits per heavy atom. The van der Waals surface area contributed by atoms with E-state index in [1.165, 1.54) is 10.8 Å². The molecular weight excluding hydrogens is 569 g/mol. The van der Waals surface area contributed by atoms with Gasteiger partial charge in [-0.1, -0.05) is 30.3 Å². The first-order valence-electron chi connectivity index (χ1n) is 13.7. The molecule has 2 fully saturated rings. The van der Waals surface area contributed by atoms with Gasteiger partial charge in [-0.15, -0.1) is 0 Å². The number of carbonyl (C=O) groups excluding carboxylic acids is 3. The van der Waals surface area contributed by atoms with Gasteiger partial charge in [0.25, 0.3) is 11.8 Å². The van der Waals surface area contributed by atoms with E-state index in [-0.39, 0.29) is 37.2 Å². The first kappa shape index (κ1) is 28.3. The lowest BCUT2D eigenvalue weighted by Gasteiger charge is -2.42. The van der Waals surface area contributed by atoms with Crippen molar-refractivity contribution in [3.05, 3.63) is 98.7 Å². The zero-order chi connectivity index (χ0) is 30.5. The molecule has 2 N–H and O–H groups in total. The number of alkyl carbamates (subject to hydrolysis) is 1. The van der Waals surface area contributed by atoms with Crippen LogP contribution in [0.25, 0.3) is 0 Å². The van der Waals surface area contributed by atoms with Gasteiger partial charge in [0, 0.05) is 43.0 Å². The van der Waals surface area contributed by atoms with Crippen molar-refractivity contribution in [1.82, 2.24) is 20.1 Å². The minimum absolute atomic E-state index is 0.0968. The smallest absolute Gasteiger partial charge is 0.407 e. The van der Waals surface area contributed by atoms with Crippen LogP contribution in [0, 0.1) is 17.5 Å². The minimum Gasteiger partial charge on any atom is -0.483 e.